The van der Waals surface area contributed by atoms with E-state index in [1.54, 1.807) is 0 Å². The van der Waals surface area contributed by atoms with Crippen molar-refractivity contribution in [1.82, 2.24) is 15.1 Å². The van der Waals surface area contributed by atoms with Crippen LogP contribution in [-0.4, -0.2) is 16.3 Å². The molecule has 0 aliphatic rings. The molecular formula is C15H19BrClN3. The Labute approximate surface area is 133 Å². The second-order valence-corrected chi connectivity index (χ2v) is 6.13. The lowest BCUT2D eigenvalue weighted by Crippen LogP contribution is -2.26. The average Bonchev–Trinajstić information content (AvgIpc) is 2.74. The average molecular weight is 357 g/mol. The molecule has 0 fully saturated rings. The Hall–Kier alpha value is -0.840. The van der Waals surface area contributed by atoms with Gasteiger partial charge in [-0.25, -0.2) is 0 Å². The summed E-state index contributed by atoms with van der Waals surface area (Å²) in [6, 6.07) is 8.24. The van der Waals surface area contributed by atoms with Crippen molar-refractivity contribution in [3.05, 3.63) is 51.2 Å². The molecule has 20 heavy (non-hydrogen) atoms. The van der Waals surface area contributed by atoms with E-state index in [0.717, 1.165) is 28.9 Å². The molecule has 2 rings (SSSR count). The number of halogens is 2. The zero-order valence-electron chi connectivity index (χ0n) is 11.7. The van der Waals surface area contributed by atoms with Crippen LogP contribution >= 0.6 is 27.5 Å². The van der Waals surface area contributed by atoms with Gasteiger partial charge in [-0.2, -0.15) is 5.10 Å². The molecule has 5 heteroatoms. The van der Waals surface area contributed by atoms with Gasteiger partial charge in [-0.15, -0.1) is 0 Å². The minimum atomic E-state index is 0.218. The first-order valence-corrected chi connectivity index (χ1v) is 7.94. The summed E-state index contributed by atoms with van der Waals surface area (Å²) in [4.78, 5) is 0. The van der Waals surface area contributed by atoms with Crippen molar-refractivity contribution < 1.29 is 0 Å². The standard InChI is InChI=1S/C15H19BrClN3/c1-3-7-18-14(15-13(16)10-19-20(15)2)9-11-5-4-6-12(17)8-11/h4-6,8,10,14,18H,3,7,9H2,1-2H3. The lowest BCUT2D eigenvalue weighted by Gasteiger charge is -2.20. The van der Waals surface area contributed by atoms with Crippen LogP contribution in [0.15, 0.2) is 34.9 Å². The molecule has 1 aromatic heterocycles. The van der Waals surface area contributed by atoms with Crippen LogP contribution in [0.4, 0.5) is 0 Å². The van der Waals surface area contributed by atoms with Crippen molar-refractivity contribution >= 4 is 27.5 Å². The number of hydrogen-bond acceptors (Lipinski definition) is 2. The maximum atomic E-state index is 6.07. The van der Waals surface area contributed by atoms with Gasteiger partial charge in [-0.3, -0.25) is 4.68 Å². The molecular weight excluding hydrogens is 338 g/mol. The Kier molecular flexibility index (Phi) is 5.64. The number of hydrogen-bond donors (Lipinski definition) is 1. The zero-order chi connectivity index (χ0) is 14.5. The second kappa shape index (κ2) is 7.25. The molecule has 1 aromatic carbocycles. The Morgan fingerprint density at radius 2 is 2.25 bits per heavy atom. The number of rotatable bonds is 6. The first-order chi connectivity index (χ1) is 9.61. The monoisotopic (exact) mass is 355 g/mol. The molecule has 2 aromatic rings. The highest BCUT2D eigenvalue weighted by molar-refractivity contribution is 9.10. The molecule has 0 aliphatic carbocycles. The Morgan fingerprint density at radius 1 is 1.45 bits per heavy atom. The lowest BCUT2D eigenvalue weighted by molar-refractivity contribution is 0.492. The largest absolute Gasteiger partial charge is 0.308 e. The summed E-state index contributed by atoms with van der Waals surface area (Å²) in [5.74, 6) is 0. The van der Waals surface area contributed by atoms with Gasteiger partial charge in [0.25, 0.3) is 0 Å². The Bertz CT molecular complexity index is 548. The van der Waals surface area contributed by atoms with Crippen LogP contribution in [0.3, 0.4) is 0 Å². The number of aromatic nitrogens is 2. The summed E-state index contributed by atoms with van der Waals surface area (Å²) < 4.78 is 2.96. The molecule has 0 saturated heterocycles. The predicted octanol–water partition coefficient (Wildman–Crippen LogP) is 4.12. The van der Waals surface area contributed by atoms with E-state index in [1.165, 1.54) is 11.3 Å². The fourth-order valence-electron chi connectivity index (χ4n) is 2.30. The van der Waals surface area contributed by atoms with Gasteiger partial charge in [0.05, 0.1) is 22.4 Å². The van der Waals surface area contributed by atoms with Crippen LogP contribution in [0.25, 0.3) is 0 Å². The minimum Gasteiger partial charge on any atom is -0.308 e. The quantitative estimate of drug-likeness (QED) is 0.844. The fraction of sp³-hybridized carbons (Fsp3) is 0.400. The highest BCUT2D eigenvalue weighted by Gasteiger charge is 2.18. The van der Waals surface area contributed by atoms with E-state index in [1.807, 2.05) is 36.1 Å². The second-order valence-electron chi connectivity index (χ2n) is 4.84. The van der Waals surface area contributed by atoms with Crippen LogP contribution in [0.5, 0.6) is 0 Å². The molecule has 0 bridgehead atoms. The molecule has 108 valence electrons. The molecule has 0 radical (unpaired) electrons. The molecule has 0 saturated carbocycles. The molecule has 1 N–H and O–H groups in total. The van der Waals surface area contributed by atoms with Crippen molar-refractivity contribution in [2.24, 2.45) is 7.05 Å². The summed E-state index contributed by atoms with van der Waals surface area (Å²) in [6.07, 6.45) is 3.83. The van der Waals surface area contributed by atoms with Gasteiger partial charge in [0.1, 0.15) is 0 Å². The van der Waals surface area contributed by atoms with Gasteiger partial charge in [0.2, 0.25) is 0 Å². The highest BCUT2D eigenvalue weighted by atomic mass is 79.9. The highest BCUT2D eigenvalue weighted by Crippen LogP contribution is 2.26. The van der Waals surface area contributed by atoms with Crippen molar-refractivity contribution in [3.8, 4) is 0 Å². The number of benzene rings is 1. The summed E-state index contributed by atoms with van der Waals surface area (Å²) in [7, 11) is 1.97. The lowest BCUT2D eigenvalue weighted by atomic mass is 10.0. The van der Waals surface area contributed by atoms with Crippen LogP contribution < -0.4 is 5.32 Å². The van der Waals surface area contributed by atoms with Gasteiger partial charge in [-0.05, 0) is 53.0 Å². The topological polar surface area (TPSA) is 29.9 Å². The van der Waals surface area contributed by atoms with E-state index >= 15 is 0 Å². The maximum Gasteiger partial charge on any atom is 0.0695 e. The third-order valence-corrected chi connectivity index (χ3v) is 4.08. The smallest absolute Gasteiger partial charge is 0.0695 e. The third kappa shape index (κ3) is 3.84. The molecule has 0 amide bonds. The van der Waals surface area contributed by atoms with Crippen LogP contribution in [-0.2, 0) is 13.5 Å². The Morgan fingerprint density at radius 3 is 2.85 bits per heavy atom. The van der Waals surface area contributed by atoms with E-state index in [9.17, 15) is 0 Å². The van der Waals surface area contributed by atoms with Gasteiger partial charge in [0, 0.05) is 12.1 Å². The first-order valence-electron chi connectivity index (χ1n) is 6.77. The van der Waals surface area contributed by atoms with Crippen molar-refractivity contribution in [3.63, 3.8) is 0 Å². The van der Waals surface area contributed by atoms with Crippen LogP contribution in [0.2, 0.25) is 5.02 Å². The van der Waals surface area contributed by atoms with E-state index in [2.05, 4.69) is 39.3 Å². The van der Waals surface area contributed by atoms with Gasteiger partial charge >= 0.3 is 0 Å². The Balaban J connectivity index is 2.24. The van der Waals surface area contributed by atoms with E-state index < -0.39 is 0 Å². The molecule has 1 heterocycles. The maximum absolute atomic E-state index is 6.07. The van der Waals surface area contributed by atoms with Crippen LogP contribution in [0, 0.1) is 0 Å². The third-order valence-electron chi connectivity index (χ3n) is 3.24. The summed E-state index contributed by atoms with van der Waals surface area (Å²) in [5.41, 5.74) is 2.39. The van der Waals surface area contributed by atoms with Gasteiger partial charge in [-0.1, -0.05) is 30.7 Å². The van der Waals surface area contributed by atoms with E-state index in [4.69, 9.17) is 11.6 Å². The molecule has 0 spiro atoms. The number of nitrogens with zero attached hydrogens (tertiary/aromatic N) is 2. The normalized spacial score (nSPS) is 12.6. The van der Waals surface area contributed by atoms with E-state index in [0.29, 0.717) is 0 Å². The van der Waals surface area contributed by atoms with Crippen molar-refractivity contribution in [2.45, 2.75) is 25.8 Å². The SMILES string of the molecule is CCCNC(Cc1cccc(Cl)c1)c1c(Br)cnn1C. The molecule has 1 atom stereocenters. The number of aryl methyl sites for hydroxylation is 1. The summed E-state index contributed by atoms with van der Waals surface area (Å²) in [6.45, 7) is 3.14. The minimum absolute atomic E-state index is 0.218. The predicted molar refractivity (Wildman–Crippen MR) is 87.1 cm³/mol. The molecule has 0 aliphatic heterocycles. The van der Waals surface area contributed by atoms with Crippen molar-refractivity contribution in [2.75, 3.05) is 6.54 Å². The van der Waals surface area contributed by atoms with Gasteiger partial charge in [0.15, 0.2) is 0 Å². The summed E-state index contributed by atoms with van der Waals surface area (Å²) >= 11 is 9.66. The summed E-state index contributed by atoms with van der Waals surface area (Å²) in [5, 5.41) is 8.67. The number of nitrogens with one attached hydrogen (secondary N) is 1. The molecule has 3 nitrogen and oxygen atoms in total. The van der Waals surface area contributed by atoms with Gasteiger partial charge < -0.3 is 5.32 Å². The van der Waals surface area contributed by atoms with E-state index in [-0.39, 0.29) is 6.04 Å². The fourth-order valence-corrected chi connectivity index (χ4v) is 3.13. The zero-order valence-corrected chi connectivity index (χ0v) is 14.1. The first kappa shape index (κ1) is 15.5. The van der Waals surface area contributed by atoms with Crippen LogP contribution in [0.1, 0.15) is 30.6 Å². The van der Waals surface area contributed by atoms with Crippen molar-refractivity contribution in [1.29, 1.82) is 0 Å². The molecule has 1 unspecified atom stereocenters.